The molecule has 0 saturated carbocycles. The van der Waals surface area contributed by atoms with E-state index in [1.807, 2.05) is 30.3 Å². The molecule has 22 heavy (non-hydrogen) atoms. The minimum atomic E-state index is -1.43. The zero-order valence-corrected chi connectivity index (χ0v) is 12.5. The van der Waals surface area contributed by atoms with Gasteiger partial charge in [-0.15, -0.1) is 0 Å². The summed E-state index contributed by atoms with van der Waals surface area (Å²) in [5.74, 6) is 0. The number of rotatable bonds is 3. The highest BCUT2D eigenvalue weighted by Gasteiger charge is 2.14. The second kappa shape index (κ2) is 6.30. The molecular formula is C18H18BNO2. The monoisotopic (exact) mass is 291 g/mol. The number of para-hydroxylation sites is 1. The fourth-order valence-corrected chi connectivity index (χ4v) is 2.65. The molecule has 3 nitrogen and oxygen atoms in total. The van der Waals surface area contributed by atoms with Crippen molar-refractivity contribution in [2.45, 2.75) is 19.8 Å². The molecule has 110 valence electrons. The molecule has 0 bridgehead atoms. The molecular weight excluding hydrogens is 273 g/mol. The molecule has 0 aromatic heterocycles. The molecule has 1 heterocycles. The largest absolute Gasteiger partial charge is 0.488 e. The Balaban J connectivity index is 2.00. The van der Waals surface area contributed by atoms with Crippen LogP contribution >= 0.6 is 0 Å². The van der Waals surface area contributed by atoms with Crippen LogP contribution in [0.15, 0.2) is 59.6 Å². The lowest BCUT2D eigenvalue weighted by Gasteiger charge is -2.09. The summed E-state index contributed by atoms with van der Waals surface area (Å²) in [6.07, 6.45) is 3.85. The first-order valence-electron chi connectivity index (χ1n) is 7.50. The van der Waals surface area contributed by atoms with Gasteiger partial charge in [0.05, 0.1) is 5.69 Å². The number of allylic oxidation sites excluding steroid dienone is 2. The summed E-state index contributed by atoms with van der Waals surface area (Å²) in [7, 11) is -1.43. The highest BCUT2D eigenvalue weighted by molar-refractivity contribution is 6.58. The van der Waals surface area contributed by atoms with E-state index < -0.39 is 7.12 Å². The minimum Gasteiger partial charge on any atom is -0.423 e. The summed E-state index contributed by atoms with van der Waals surface area (Å²) in [6.45, 7) is 2.10. The van der Waals surface area contributed by atoms with E-state index in [2.05, 4.69) is 19.1 Å². The Labute approximate surface area is 130 Å². The third-order valence-electron chi connectivity index (χ3n) is 3.92. The molecule has 2 aromatic carbocycles. The lowest BCUT2D eigenvalue weighted by Crippen LogP contribution is -2.29. The molecule has 2 N–H and O–H groups in total. The van der Waals surface area contributed by atoms with Crippen molar-refractivity contribution in [3.05, 3.63) is 65.7 Å². The smallest absolute Gasteiger partial charge is 0.423 e. The molecule has 0 saturated heterocycles. The Kier molecular flexibility index (Phi) is 4.23. The molecule has 0 unspecified atom stereocenters. The summed E-state index contributed by atoms with van der Waals surface area (Å²) in [6, 6.07) is 15.6. The maximum Gasteiger partial charge on any atom is 0.488 e. The van der Waals surface area contributed by atoms with Gasteiger partial charge in [-0.3, -0.25) is 4.99 Å². The van der Waals surface area contributed by atoms with Crippen LogP contribution in [0.25, 0.3) is 5.57 Å². The summed E-state index contributed by atoms with van der Waals surface area (Å²) >= 11 is 0. The van der Waals surface area contributed by atoms with Crippen molar-refractivity contribution in [3.8, 4) is 0 Å². The predicted molar refractivity (Wildman–Crippen MR) is 91.8 cm³/mol. The van der Waals surface area contributed by atoms with E-state index in [4.69, 9.17) is 4.99 Å². The van der Waals surface area contributed by atoms with Crippen LogP contribution in [-0.2, 0) is 6.42 Å². The van der Waals surface area contributed by atoms with Gasteiger partial charge < -0.3 is 10.0 Å². The molecule has 0 fully saturated rings. The first-order valence-corrected chi connectivity index (χ1v) is 7.50. The molecule has 1 aliphatic heterocycles. The Morgan fingerprint density at radius 3 is 2.45 bits per heavy atom. The van der Waals surface area contributed by atoms with Crippen LogP contribution < -0.4 is 5.46 Å². The third kappa shape index (κ3) is 3.03. The third-order valence-corrected chi connectivity index (χ3v) is 3.92. The molecule has 0 aliphatic carbocycles. The zero-order chi connectivity index (χ0) is 15.5. The normalized spacial score (nSPS) is 13.8. The number of hydrogen-bond donors (Lipinski definition) is 2. The second-order valence-corrected chi connectivity index (χ2v) is 5.43. The van der Waals surface area contributed by atoms with Gasteiger partial charge in [0.2, 0.25) is 0 Å². The lowest BCUT2D eigenvalue weighted by molar-refractivity contribution is 0.426. The van der Waals surface area contributed by atoms with Gasteiger partial charge in [0, 0.05) is 12.1 Å². The topological polar surface area (TPSA) is 52.8 Å². The summed E-state index contributed by atoms with van der Waals surface area (Å²) in [5.41, 5.74) is 6.09. The van der Waals surface area contributed by atoms with Crippen molar-refractivity contribution in [1.82, 2.24) is 0 Å². The summed E-state index contributed by atoms with van der Waals surface area (Å²) in [5, 5.41) is 18.4. The van der Waals surface area contributed by atoms with Crippen LogP contribution in [0.2, 0.25) is 0 Å². The second-order valence-electron chi connectivity index (χ2n) is 5.43. The Morgan fingerprint density at radius 1 is 1.05 bits per heavy atom. The van der Waals surface area contributed by atoms with E-state index in [1.165, 1.54) is 11.1 Å². The molecule has 0 spiro atoms. The van der Waals surface area contributed by atoms with Crippen LogP contribution in [0.5, 0.6) is 0 Å². The maximum absolute atomic E-state index is 9.20. The highest BCUT2D eigenvalue weighted by atomic mass is 16.4. The zero-order valence-electron chi connectivity index (χ0n) is 12.5. The lowest BCUT2D eigenvalue weighted by atomic mass is 9.79. The van der Waals surface area contributed by atoms with Crippen molar-refractivity contribution < 1.29 is 10.0 Å². The van der Waals surface area contributed by atoms with Gasteiger partial charge >= 0.3 is 7.12 Å². The van der Waals surface area contributed by atoms with E-state index in [0.717, 1.165) is 29.8 Å². The van der Waals surface area contributed by atoms with E-state index in [9.17, 15) is 10.0 Å². The number of hydrogen-bond acceptors (Lipinski definition) is 3. The molecule has 0 radical (unpaired) electrons. The van der Waals surface area contributed by atoms with Gasteiger partial charge in [0.15, 0.2) is 0 Å². The van der Waals surface area contributed by atoms with Gasteiger partial charge in [0.25, 0.3) is 0 Å². The van der Waals surface area contributed by atoms with Crippen LogP contribution in [0.3, 0.4) is 0 Å². The van der Waals surface area contributed by atoms with Gasteiger partial charge in [-0.2, -0.15) is 0 Å². The van der Waals surface area contributed by atoms with Gasteiger partial charge in [-0.25, -0.2) is 0 Å². The fourth-order valence-electron chi connectivity index (χ4n) is 2.65. The number of nitrogens with zero attached hydrogens (tertiary/aromatic N) is 1. The Hall–Kier alpha value is -2.17. The summed E-state index contributed by atoms with van der Waals surface area (Å²) in [4.78, 5) is 4.74. The summed E-state index contributed by atoms with van der Waals surface area (Å²) < 4.78 is 0. The van der Waals surface area contributed by atoms with Crippen molar-refractivity contribution in [3.63, 3.8) is 0 Å². The average molecular weight is 291 g/mol. The Morgan fingerprint density at radius 2 is 1.77 bits per heavy atom. The van der Waals surface area contributed by atoms with Crippen molar-refractivity contribution in [2.75, 3.05) is 0 Å². The molecule has 2 aromatic rings. The number of benzene rings is 2. The fraction of sp³-hybridized carbons (Fsp3) is 0.167. The van der Waals surface area contributed by atoms with E-state index in [-0.39, 0.29) is 0 Å². The molecule has 4 heteroatoms. The van der Waals surface area contributed by atoms with Crippen LogP contribution in [0.1, 0.15) is 24.5 Å². The maximum atomic E-state index is 9.20. The highest BCUT2D eigenvalue weighted by Crippen LogP contribution is 2.29. The first kappa shape index (κ1) is 14.8. The molecule has 1 aliphatic rings. The number of aliphatic imine (C=N–C) groups is 1. The molecule has 3 rings (SSSR count). The van der Waals surface area contributed by atoms with Crippen molar-refractivity contribution >= 4 is 29.6 Å². The van der Waals surface area contributed by atoms with Crippen LogP contribution in [0, 0.1) is 0 Å². The molecule has 0 amide bonds. The van der Waals surface area contributed by atoms with Gasteiger partial charge in [-0.1, -0.05) is 49.4 Å². The van der Waals surface area contributed by atoms with Crippen molar-refractivity contribution in [2.24, 2.45) is 4.99 Å². The Bertz CT molecular complexity index is 733. The van der Waals surface area contributed by atoms with Crippen molar-refractivity contribution in [1.29, 1.82) is 0 Å². The standard InChI is InChI=1S/C18H18BNO2/c1-2-17-12-15(11-14-5-3-4-6-18(14)20-17)13-7-9-16(10-8-13)19(21)22/h3-10,12,21-22H,2,11H2,1H3. The predicted octanol–water partition coefficient (Wildman–Crippen LogP) is 2.49. The van der Waals surface area contributed by atoms with Crippen LogP contribution in [-0.4, -0.2) is 22.9 Å². The first-order chi connectivity index (χ1) is 10.7. The molecule has 0 atom stereocenters. The van der Waals surface area contributed by atoms with Gasteiger partial charge in [-0.05, 0) is 40.7 Å². The average Bonchev–Trinajstić information content (AvgIpc) is 2.74. The van der Waals surface area contributed by atoms with Crippen LogP contribution in [0.4, 0.5) is 5.69 Å². The van der Waals surface area contributed by atoms with E-state index >= 15 is 0 Å². The van der Waals surface area contributed by atoms with E-state index in [1.54, 1.807) is 12.1 Å². The number of fused-ring (bicyclic) bond motifs is 1. The SMILES string of the molecule is CCC1=Nc2ccccc2CC(c2ccc(B(O)O)cc2)=C1. The minimum absolute atomic E-state index is 0.503. The van der Waals surface area contributed by atoms with E-state index in [0.29, 0.717) is 5.46 Å². The quantitative estimate of drug-likeness (QED) is 0.854. The van der Waals surface area contributed by atoms with Gasteiger partial charge in [0.1, 0.15) is 0 Å².